The number of ether oxygens (including phenoxy) is 2. The molecule has 0 aliphatic carbocycles. The molecule has 40 heavy (non-hydrogen) atoms. The molecule has 1 atom stereocenters. The number of methoxy groups -OCH3 is 1. The molecule has 1 N–H and O–H groups in total. The van der Waals surface area contributed by atoms with Gasteiger partial charge in [-0.05, 0) is 79.6 Å². The van der Waals surface area contributed by atoms with Crippen molar-refractivity contribution in [2.24, 2.45) is 0 Å². The second kappa shape index (κ2) is 12.7. The lowest BCUT2D eigenvalue weighted by molar-refractivity contribution is 0.102. The van der Waals surface area contributed by atoms with Gasteiger partial charge >= 0.3 is 0 Å². The van der Waals surface area contributed by atoms with Gasteiger partial charge in [0.25, 0.3) is 5.91 Å². The fourth-order valence-electron chi connectivity index (χ4n) is 5.06. The molecule has 0 radical (unpaired) electrons. The molecule has 0 saturated carbocycles. The third-order valence-electron chi connectivity index (χ3n) is 7.46. The average molecular weight is 537 g/mol. The lowest BCUT2D eigenvalue weighted by atomic mass is 10.0. The molecule has 0 spiro atoms. The van der Waals surface area contributed by atoms with Gasteiger partial charge in [-0.25, -0.2) is 0 Å². The van der Waals surface area contributed by atoms with Crippen molar-refractivity contribution in [2.75, 3.05) is 50.1 Å². The van der Waals surface area contributed by atoms with Crippen LogP contribution in [0.4, 0.5) is 11.4 Å². The van der Waals surface area contributed by atoms with Crippen LogP contribution in [-0.4, -0.2) is 55.7 Å². The number of amides is 1. The van der Waals surface area contributed by atoms with Gasteiger partial charge < -0.3 is 19.7 Å². The van der Waals surface area contributed by atoms with Gasteiger partial charge in [-0.15, -0.1) is 0 Å². The molecular weight excluding hydrogens is 500 g/mol. The third kappa shape index (κ3) is 6.43. The standard InChI is InChI=1S/C33H36N4O3/c1-4-40-32-21-28(22-34-23-32)26-7-5-25(6-8-26)24(2)36-17-19-37(20-18-36)30-13-9-27(10-14-30)33(38)35-29-11-15-31(39-3)16-12-29/h5-16,21-24H,4,17-20H2,1-3H3,(H,35,38). The van der Waals surface area contributed by atoms with E-state index in [2.05, 4.69) is 51.3 Å². The highest BCUT2D eigenvalue weighted by molar-refractivity contribution is 6.04. The second-order valence-electron chi connectivity index (χ2n) is 9.89. The number of hydrogen-bond donors (Lipinski definition) is 1. The van der Waals surface area contributed by atoms with E-state index in [4.69, 9.17) is 9.47 Å². The van der Waals surface area contributed by atoms with Gasteiger partial charge in [0.2, 0.25) is 0 Å². The minimum Gasteiger partial charge on any atom is -0.497 e. The maximum atomic E-state index is 12.7. The van der Waals surface area contributed by atoms with Crippen molar-refractivity contribution in [1.29, 1.82) is 0 Å². The van der Waals surface area contributed by atoms with Crippen LogP contribution in [0, 0.1) is 0 Å². The van der Waals surface area contributed by atoms with Crippen LogP contribution in [0.3, 0.4) is 0 Å². The summed E-state index contributed by atoms with van der Waals surface area (Å²) in [5.74, 6) is 1.42. The maximum absolute atomic E-state index is 12.7. The molecule has 7 nitrogen and oxygen atoms in total. The molecule has 4 aromatic rings. The molecule has 1 aromatic heterocycles. The van der Waals surface area contributed by atoms with Gasteiger partial charge in [-0.2, -0.15) is 0 Å². The van der Waals surface area contributed by atoms with E-state index in [1.54, 1.807) is 13.3 Å². The predicted molar refractivity (Wildman–Crippen MR) is 160 cm³/mol. The number of nitrogens with zero attached hydrogens (tertiary/aromatic N) is 3. The fourth-order valence-corrected chi connectivity index (χ4v) is 5.06. The Morgan fingerprint density at radius 3 is 2.23 bits per heavy atom. The number of carbonyl (C=O) groups excluding carboxylic acids is 1. The Morgan fingerprint density at radius 2 is 1.57 bits per heavy atom. The van der Waals surface area contributed by atoms with Crippen molar-refractivity contribution >= 4 is 17.3 Å². The van der Waals surface area contributed by atoms with Crippen LogP contribution < -0.4 is 19.7 Å². The van der Waals surface area contributed by atoms with E-state index < -0.39 is 0 Å². The zero-order chi connectivity index (χ0) is 27.9. The van der Waals surface area contributed by atoms with Crippen LogP contribution >= 0.6 is 0 Å². The van der Waals surface area contributed by atoms with E-state index in [1.165, 1.54) is 5.56 Å². The first-order valence-electron chi connectivity index (χ1n) is 13.8. The number of benzene rings is 3. The first kappa shape index (κ1) is 27.2. The van der Waals surface area contributed by atoms with Gasteiger partial charge in [0, 0.05) is 60.9 Å². The van der Waals surface area contributed by atoms with E-state index in [9.17, 15) is 4.79 Å². The second-order valence-corrected chi connectivity index (χ2v) is 9.89. The summed E-state index contributed by atoms with van der Waals surface area (Å²) >= 11 is 0. The molecule has 1 aliphatic heterocycles. The number of carbonyl (C=O) groups is 1. The monoisotopic (exact) mass is 536 g/mol. The number of hydrogen-bond acceptors (Lipinski definition) is 6. The van der Waals surface area contributed by atoms with Crippen LogP contribution in [0.1, 0.15) is 35.8 Å². The normalized spacial score (nSPS) is 14.4. The van der Waals surface area contributed by atoms with Gasteiger partial charge in [0.1, 0.15) is 11.5 Å². The molecule has 1 aliphatic rings. The lowest BCUT2D eigenvalue weighted by Crippen LogP contribution is -2.47. The topological polar surface area (TPSA) is 66.9 Å². The molecule has 206 valence electrons. The highest BCUT2D eigenvalue weighted by Gasteiger charge is 2.22. The summed E-state index contributed by atoms with van der Waals surface area (Å²) < 4.78 is 10.8. The third-order valence-corrected chi connectivity index (χ3v) is 7.46. The van der Waals surface area contributed by atoms with Crippen molar-refractivity contribution in [3.63, 3.8) is 0 Å². The molecule has 1 amide bonds. The minimum atomic E-state index is -0.125. The summed E-state index contributed by atoms with van der Waals surface area (Å²) in [7, 11) is 1.62. The summed E-state index contributed by atoms with van der Waals surface area (Å²) in [6.07, 6.45) is 3.62. The highest BCUT2D eigenvalue weighted by Crippen LogP contribution is 2.28. The van der Waals surface area contributed by atoms with E-state index in [-0.39, 0.29) is 5.91 Å². The summed E-state index contributed by atoms with van der Waals surface area (Å²) in [5, 5.41) is 2.94. The Labute approximate surface area is 236 Å². The lowest BCUT2D eigenvalue weighted by Gasteiger charge is -2.39. The van der Waals surface area contributed by atoms with Gasteiger partial charge in [-0.3, -0.25) is 14.7 Å². The Balaban J connectivity index is 1.14. The van der Waals surface area contributed by atoms with Gasteiger partial charge in [-0.1, -0.05) is 24.3 Å². The highest BCUT2D eigenvalue weighted by atomic mass is 16.5. The fraction of sp³-hybridized carbons (Fsp3) is 0.273. The molecule has 5 rings (SSSR count). The van der Waals surface area contributed by atoms with Crippen LogP contribution in [0.15, 0.2) is 91.3 Å². The summed E-state index contributed by atoms with van der Waals surface area (Å²) in [6, 6.07) is 26.3. The van der Waals surface area contributed by atoms with Crippen molar-refractivity contribution in [1.82, 2.24) is 9.88 Å². The Hall–Kier alpha value is -4.36. The number of pyridine rings is 1. The molecular formula is C33H36N4O3. The quantitative estimate of drug-likeness (QED) is 0.271. The summed E-state index contributed by atoms with van der Waals surface area (Å²) in [6.45, 7) is 8.71. The first-order valence-corrected chi connectivity index (χ1v) is 13.8. The van der Waals surface area contributed by atoms with Crippen LogP contribution in [0.25, 0.3) is 11.1 Å². The summed E-state index contributed by atoms with van der Waals surface area (Å²) in [5.41, 5.74) is 6.01. The predicted octanol–water partition coefficient (Wildman–Crippen LogP) is 6.29. The molecule has 1 unspecified atom stereocenters. The number of nitrogens with one attached hydrogen (secondary N) is 1. The van der Waals surface area contributed by atoms with E-state index >= 15 is 0 Å². The minimum absolute atomic E-state index is 0.125. The van der Waals surface area contributed by atoms with E-state index in [0.29, 0.717) is 18.2 Å². The number of aromatic nitrogens is 1. The number of piperazine rings is 1. The van der Waals surface area contributed by atoms with Crippen LogP contribution in [0.2, 0.25) is 0 Å². The maximum Gasteiger partial charge on any atom is 0.255 e. The Morgan fingerprint density at radius 1 is 0.875 bits per heavy atom. The average Bonchev–Trinajstić information content (AvgIpc) is 3.01. The van der Waals surface area contributed by atoms with E-state index in [0.717, 1.165) is 60.2 Å². The van der Waals surface area contributed by atoms with Gasteiger partial charge in [0.15, 0.2) is 0 Å². The molecule has 7 heteroatoms. The Kier molecular flexibility index (Phi) is 8.62. The van der Waals surface area contributed by atoms with Crippen molar-refractivity contribution in [3.05, 3.63) is 102 Å². The SMILES string of the molecule is CCOc1cncc(-c2ccc(C(C)N3CCN(c4ccc(C(=O)Nc5ccc(OC)cc5)cc4)CC3)cc2)c1. The number of anilines is 2. The first-order chi connectivity index (χ1) is 19.5. The van der Waals surface area contributed by atoms with Crippen molar-refractivity contribution in [3.8, 4) is 22.6 Å². The van der Waals surface area contributed by atoms with Crippen molar-refractivity contribution in [2.45, 2.75) is 19.9 Å². The Bertz CT molecular complexity index is 1400. The van der Waals surface area contributed by atoms with Crippen molar-refractivity contribution < 1.29 is 14.3 Å². The zero-order valence-electron chi connectivity index (χ0n) is 23.3. The number of rotatable bonds is 9. The van der Waals surface area contributed by atoms with Gasteiger partial charge in [0.05, 0.1) is 19.9 Å². The summed E-state index contributed by atoms with van der Waals surface area (Å²) in [4.78, 5) is 21.9. The zero-order valence-corrected chi connectivity index (χ0v) is 23.3. The molecule has 1 fully saturated rings. The molecule has 2 heterocycles. The molecule has 0 bridgehead atoms. The van der Waals surface area contributed by atoms with E-state index in [1.807, 2.05) is 67.7 Å². The largest absolute Gasteiger partial charge is 0.497 e. The molecule has 3 aromatic carbocycles. The molecule has 1 saturated heterocycles. The smallest absolute Gasteiger partial charge is 0.255 e. The van der Waals surface area contributed by atoms with Crippen LogP contribution in [-0.2, 0) is 0 Å². The van der Waals surface area contributed by atoms with Crippen LogP contribution in [0.5, 0.6) is 11.5 Å².